The Balaban J connectivity index is 2.23. The fourth-order valence-corrected chi connectivity index (χ4v) is 1.75. The summed E-state index contributed by atoms with van der Waals surface area (Å²) >= 11 is 0. The van der Waals surface area contributed by atoms with Crippen LogP contribution >= 0.6 is 0 Å². The Kier molecular flexibility index (Phi) is 3.14. The highest BCUT2D eigenvalue weighted by Crippen LogP contribution is 2.22. The summed E-state index contributed by atoms with van der Waals surface area (Å²) in [5.41, 5.74) is -0.877. The molecule has 1 amide bonds. The molecule has 1 aromatic carbocycles. The lowest BCUT2D eigenvalue weighted by molar-refractivity contribution is -0.119. The zero-order valence-corrected chi connectivity index (χ0v) is 9.17. The molecule has 18 heavy (non-hydrogen) atoms. The average Bonchev–Trinajstić information content (AvgIpc) is 2.69. The van der Waals surface area contributed by atoms with Gasteiger partial charge < -0.3 is 15.7 Å². The molecule has 1 saturated heterocycles. The van der Waals surface area contributed by atoms with Crippen molar-refractivity contribution >= 4 is 17.6 Å². The second-order valence-electron chi connectivity index (χ2n) is 3.97. The van der Waals surface area contributed by atoms with E-state index in [1.165, 1.54) is 0 Å². The number of aromatic carboxylic acids is 1. The first-order valence-corrected chi connectivity index (χ1v) is 5.23. The number of hydrogen-bond acceptors (Lipinski definition) is 3. The van der Waals surface area contributed by atoms with Gasteiger partial charge in [-0.2, -0.15) is 0 Å². The van der Waals surface area contributed by atoms with E-state index in [-0.39, 0.29) is 18.9 Å². The molecule has 1 heterocycles. The van der Waals surface area contributed by atoms with E-state index >= 15 is 0 Å². The normalized spacial score (nSPS) is 18.6. The molecule has 1 unspecified atom stereocenters. The Bertz CT molecular complexity index is 496. The minimum atomic E-state index is -1.41. The Hall–Kier alpha value is -2.18. The monoisotopic (exact) mass is 256 g/mol. The fraction of sp³-hybridized carbons (Fsp3) is 0.273. The number of hydrogen-bond donors (Lipinski definition) is 3. The summed E-state index contributed by atoms with van der Waals surface area (Å²) in [5, 5.41) is 13.7. The van der Waals surface area contributed by atoms with E-state index in [2.05, 4.69) is 10.6 Å². The summed E-state index contributed by atoms with van der Waals surface area (Å²) in [6, 6.07) is 1.06. The molecule has 1 aliphatic rings. The highest BCUT2D eigenvalue weighted by molar-refractivity contribution is 5.88. The molecule has 0 bridgehead atoms. The smallest absolute Gasteiger partial charge is 0.335 e. The minimum absolute atomic E-state index is 0.125. The second kappa shape index (κ2) is 4.59. The maximum absolute atomic E-state index is 13.6. The molecular formula is C11H10F2N2O3. The van der Waals surface area contributed by atoms with Crippen molar-refractivity contribution in [1.29, 1.82) is 0 Å². The largest absolute Gasteiger partial charge is 0.478 e. The number of carbonyl (C=O) groups excluding carboxylic acids is 1. The van der Waals surface area contributed by atoms with Gasteiger partial charge in [0.15, 0.2) is 0 Å². The molecule has 2 rings (SSSR count). The van der Waals surface area contributed by atoms with E-state index < -0.39 is 34.9 Å². The van der Waals surface area contributed by atoms with Gasteiger partial charge in [0.2, 0.25) is 5.91 Å². The van der Waals surface area contributed by atoms with E-state index in [4.69, 9.17) is 5.11 Å². The Labute approximate surface area is 101 Å². The topological polar surface area (TPSA) is 78.4 Å². The molecule has 1 atom stereocenters. The third-order valence-electron chi connectivity index (χ3n) is 2.61. The maximum atomic E-state index is 13.6. The summed E-state index contributed by atoms with van der Waals surface area (Å²) < 4.78 is 27.1. The van der Waals surface area contributed by atoms with E-state index in [1.807, 2.05) is 0 Å². The Morgan fingerprint density at radius 2 is 2.00 bits per heavy atom. The molecular weight excluding hydrogens is 246 g/mol. The molecule has 1 aromatic rings. The number of nitrogens with one attached hydrogen (secondary N) is 2. The van der Waals surface area contributed by atoms with Gasteiger partial charge in [-0.05, 0) is 12.1 Å². The molecule has 0 spiro atoms. The summed E-state index contributed by atoms with van der Waals surface area (Å²) in [6.07, 6.45) is 0.125. The second-order valence-corrected chi connectivity index (χ2v) is 3.97. The van der Waals surface area contributed by atoms with Crippen LogP contribution in [0.2, 0.25) is 0 Å². The van der Waals surface area contributed by atoms with Crippen LogP contribution < -0.4 is 10.6 Å². The van der Waals surface area contributed by atoms with Crippen LogP contribution in [0, 0.1) is 11.6 Å². The molecule has 96 valence electrons. The van der Waals surface area contributed by atoms with Crippen LogP contribution in [-0.4, -0.2) is 29.6 Å². The van der Waals surface area contributed by atoms with Crippen molar-refractivity contribution in [2.45, 2.75) is 12.5 Å². The lowest BCUT2D eigenvalue weighted by atomic mass is 10.1. The highest BCUT2D eigenvalue weighted by Gasteiger charge is 2.24. The van der Waals surface area contributed by atoms with Gasteiger partial charge in [-0.1, -0.05) is 0 Å². The molecule has 5 nitrogen and oxygen atoms in total. The van der Waals surface area contributed by atoms with Crippen LogP contribution in [0.15, 0.2) is 12.1 Å². The predicted octanol–water partition coefficient (Wildman–Crippen LogP) is 0.963. The molecule has 0 aliphatic carbocycles. The Morgan fingerprint density at radius 3 is 2.44 bits per heavy atom. The molecule has 3 N–H and O–H groups in total. The van der Waals surface area contributed by atoms with Crippen LogP contribution in [0.3, 0.4) is 0 Å². The molecule has 0 aromatic heterocycles. The van der Waals surface area contributed by atoms with Crippen LogP contribution in [-0.2, 0) is 4.79 Å². The van der Waals surface area contributed by atoms with Crippen LogP contribution in [0.25, 0.3) is 0 Å². The van der Waals surface area contributed by atoms with Gasteiger partial charge in [0.1, 0.15) is 17.3 Å². The molecule has 1 aliphatic heterocycles. The summed E-state index contributed by atoms with van der Waals surface area (Å²) in [5.74, 6) is -3.59. The number of carboxylic acids is 1. The summed E-state index contributed by atoms with van der Waals surface area (Å²) in [4.78, 5) is 21.5. The van der Waals surface area contributed by atoms with Crippen molar-refractivity contribution in [2.24, 2.45) is 0 Å². The summed E-state index contributed by atoms with van der Waals surface area (Å²) in [6.45, 7) is 0.276. The first-order chi connectivity index (χ1) is 8.47. The number of halogens is 2. The lowest BCUT2D eigenvalue weighted by Crippen LogP contribution is -2.23. The van der Waals surface area contributed by atoms with Gasteiger partial charge in [-0.3, -0.25) is 4.79 Å². The first-order valence-electron chi connectivity index (χ1n) is 5.23. The summed E-state index contributed by atoms with van der Waals surface area (Å²) in [7, 11) is 0. The maximum Gasteiger partial charge on any atom is 0.335 e. The van der Waals surface area contributed by atoms with E-state index in [0.717, 1.165) is 12.1 Å². The third-order valence-corrected chi connectivity index (χ3v) is 2.61. The van der Waals surface area contributed by atoms with Crippen molar-refractivity contribution in [3.05, 3.63) is 29.3 Å². The van der Waals surface area contributed by atoms with Gasteiger partial charge >= 0.3 is 5.97 Å². The van der Waals surface area contributed by atoms with Gasteiger partial charge in [0, 0.05) is 13.0 Å². The van der Waals surface area contributed by atoms with Gasteiger partial charge in [0.25, 0.3) is 0 Å². The number of rotatable bonds is 3. The van der Waals surface area contributed by atoms with E-state index in [9.17, 15) is 18.4 Å². The number of carbonyl (C=O) groups is 2. The zero-order chi connectivity index (χ0) is 13.3. The lowest BCUT2D eigenvalue weighted by Gasteiger charge is -2.14. The van der Waals surface area contributed by atoms with Crippen molar-refractivity contribution in [3.63, 3.8) is 0 Å². The van der Waals surface area contributed by atoms with Crippen molar-refractivity contribution in [1.82, 2.24) is 5.32 Å². The number of amides is 1. The van der Waals surface area contributed by atoms with Gasteiger partial charge in [-0.15, -0.1) is 0 Å². The van der Waals surface area contributed by atoms with Crippen molar-refractivity contribution < 1.29 is 23.5 Å². The molecule has 1 fully saturated rings. The van der Waals surface area contributed by atoms with Crippen molar-refractivity contribution in [3.8, 4) is 0 Å². The first kappa shape index (κ1) is 12.3. The minimum Gasteiger partial charge on any atom is -0.478 e. The van der Waals surface area contributed by atoms with Crippen LogP contribution in [0.4, 0.5) is 14.5 Å². The van der Waals surface area contributed by atoms with E-state index in [1.54, 1.807) is 0 Å². The number of anilines is 1. The van der Waals surface area contributed by atoms with Crippen LogP contribution in [0.5, 0.6) is 0 Å². The van der Waals surface area contributed by atoms with E-state index in [0.29, 0.717) is 0 Å². The highest BCUT2D eigenvalue weighted by atomic mass is 19.1. The SMILES string of the molecule is O=C1CC(Nc2c(F)cc(C(=O)O)cc2F)CN1. The van der Waals surface area contributed by atoms with Gasteiger partial charge in [-0.25, -0.2) is 13.6 Å². The predicted molar refractivity (Wildman–Crippen MR) is 58.4 cm³/mol. The molecule has 7 heteroatoms. The Morgan fingerprint density at radius 1 is 1.39 bits per heavy atom. The van der Waals surface area contributed by atoms with Crippen molar-refractivity contribution in [2.75, 3.05) is 11.9 Å². The quantitative estimate of drug-likeness (QED) is 0.752. The third kappa shape index (κ3) is 2.39. The molecule has 0 saturated carbocycles. The van der Waals surface area contributed by atoms with Gasteiger partial charge in [0.05, 0.1) is 11.6 Å². The standard InChI is InChI=1S/C11H10F2N2O3/c12-7-1-5(11(17)18)2-8(13)10(7)15-6-3-9(16)14-4-6/h1-2,6,15H,3-4H2,(H,14,16)(H,17,18). The van der Waals surface area contributed by atoms with Crippen LogP contribution in [0.1, 0.15) is 16.8 Å². The number of benzene rings is 1. The number of carboxylic acid groups (broad SMARTS) is 1. The average molecular weight is 256 g/mol. The molecule has 0 radical (unpaired) electrons. The zero-order valence-electron chi connectivity index (χ0n) is 9.17. The fourth-order valence-electron chi connectivity index (χ4n) is 1.75.